The van der Waals surface area contributed by atoms with E-state index in [1.54, 1.807) is 24.3 Å². The van der Waals surface area contributed by atoms with Crippen LogP contribution >= 0.6 is 0 Å². The summed E-state index contributed by atoms with van der Waals surface area (Å²) in [6, 6.07) is 8.39. The highest BCUT2D eigenvalue weighted by Gasteiger charge is 2.32. The number of aryl methyl sites for hydroxylation is 1. The second-order valence-corrected chi connectivity index (χ2v) is 7.04. The molecule has 1 atom stereocenters. The lowest BCUT2D eigenvalue weighted by Crippen LogP contribution is -2.40. The molecule has 1 aliphatic rings. The minimum Gasteiger partial charge on any atom is -0.373 e. The number of nitrogens with one attached hydrogen (secondary N) is 1. The molecular weight excluding hydrogens is 357 g/mol. The fraction of sp³-hybridized carbons (Fsp3) is 0.400. The van der Waals surface area contributed by atoms with Crippen molar-refractivity contribution in [3.8, 4) is 11.3 Å². The molecule has 0 radical (unpaired) electrons. The molecule has 1 saturated heterocycles. The molecule has 1 fully saturated rings. The molecule has 144 valence electrons. The molecule has 3 rings (SSSR count). The zero-order chi connectivity index (χ0) is 19.7. The van der Waals surface area contributed by atoms with Gasteiger partial charge in [0.05, 0.1) is 16.9 Å². The Morgan fingerprint density at radius 2 is 1.96 bits per heavy atom. The minimum absolute atomic E-state index is 0.223. The molecule has 4 nitrogen and oxygen atoms in total. The third-order valence-electron chi connectivity index (χ3n) is 4.65. The fourth-order valence-corrected chi connectivity index (χ4v) is 3.12. The number of amides is 1. The second kappa shape index (κ2) is 7.31. The van der Waals surface area contributed by atoms with Gasteiger partial charge in [-0.3, -0.25) is 9.78 Å². The van der Waals surface area contributed by atoms with Crippen LogP contribution in [0.4, 0.5) is 13.2 Å². The topological polar surface area (TPSA) is 51.2 Å². The number of carbonyl (C=O) groups is 1. The number of alkyl halides is 3. The first-order chi connectivity index (χ1) is 12.7. The van der Waals surface area contributed by atoms with Crippen LogP contribution in [0, 0.1) is 6.92 Å². The van der Waals surface area contributed by atoms with Crippen molar-refractivity contribution in [1.82, 2.24) is 10.3 Å². The van der Waals surface area contributed by atoms with E-state index >= 15 is 0 Å². The molecule has 2 aromatic rings. The number of halogens is 3. The number of rotatable bonds is 4. The van der Waals surface area contributed by atoms with Gasteiger partial charge in [-0.1, -0.05) is 12.1 Å². The summed E-state index contributed by atoms with van der Waals surface area (Å²) in [4.78, 5) is 16.5. The van der Waals surface area contributed by atoms with E-state index in [9.17, 15) is 18.0 Å². The van der Waals surface area contributed by atoms with Crippen molar-refractivity contribution in [3.63, 3.8) is 0 Å². The first kappa shape index (κ1) is 19.4. The lowest BCUT2D eigenvalue weighted by Gasteiger charge is -2.23. The molecule has 0 aliphatic carbocycles. The zero-order valence-electron chi connectivity index (χ0n) is 15.2. The van der Waals surface area contributed by atoms with E-state index in [0.717, 1.165) is 25.0 Å². The summed E-state index contributed by atoms with van der Waals surface area (Å²) < 4.78 is 44.6. The van der Waals surface area contributed by atoms with Crippen molar-refractivity contribution in [2.45, 2.75) is 38.5 Å². The van der Waals surface area contributed by atoms with Crippen LogP contribution in [0.25, 0.3) is 11.3 Å². The first-order valence-corrected chi connectivity index (χ1v) is 8.75. The number of nitrogens with zero attached hydrogens (tertiary/aromatic N) is 1. The smallest absolute Gasteiger partial charge is 0.373 e. The summed E-state index contributed by atoms with van der Waals surface area (Å²) >= 11 is 0. The van der Waals surface area contributed by atoms with Gasteiger partial charge in [0.1, 0.15) is 0 Å². The van der Waals surface area contributed by atoms with Crippen LogP contribution in [-0.4, -0.2) is 29.6 Å². The number of hydrogen-bond donors (Lipinski definition) is 1. The number of hydrogen-bond acceptors (Lipinski definition) is 3. The Hall–Kier alpha value is -2.41. The monoisotopic (exact) mass is 378 g/mol. The summed E-state index contributed by atoms with van der Waals surface area (Å²) in [6.45, 7) is 4.60. The highest BCUT2D eigenvalue weighted by molar-refractivity contribution is 5.94. The van der Waals surface area contributed by atoms with Crippen LogP contribution in [0.2, 0.25) is 0 Å². The number of benzene rings is 1. The zero-order valence-corrected chi connectivity index (χ0v) is 15.2. The molecule has 27 heavy (non-hydrogen) atoms. The van der Waals surface area contributed by atoms with E-state index in [1.807, 2.05) is 6.92 Å². The average Bonchev–Trinajstić information content (AvgIpc) is 3.05. The Balaban J connectivity index is 1.73. The molecule has 1 unspecified atom stereocenters. The molecule has 0 spiro atoms. The predicted octanol–water partition coefficient (Wildman–Crippen LogP) is 4.37. The van der Waals surface area contributed by atoms with E-state index in [4.69, 9.17) is 4.74 Å². The second-order valence-electron chi connectivity index (χ2n) is 7.04. The molecule has 7 heteroatoms. The van der Waals surface area contributed by atoms with Gasteiger partial charge >= 0.3 is 6.18 Å². The number of aromatic nitrogens is 1. The highest BCUT2D eigenvalue weighted by atomic mass is 19.4. The third kappa shape index (κ3) is 4.66. The molecule has 1 aromatic heterocycles. The number of ether oxygens (including phenoxy) is 1. The standard InChI is InChI=1S/C20H21F3N2O2/c1-13-10-16(20(21,22)23)11-17(25-13)14-4-6-15(7-5-14)18(26)24-12-19(2)8-3-9-27-19/h4-7,10-11H,3,8-9,12H2,1-2H3,(H,24,26). The largest absolute Gasteiger partial charge is 0.416 e. The number of carbonyl (C=O) groups excluding carboxylic acids is 1. The Bertz CT molecular complexity index is 826. The summed E-state index contributed by atoms with van der Waals surface area (Å²) in [7, 11) is 0. The summed E-state index contributed by atoms with van der Waals surface area (Å²) in [5, 5.41) is 2.85. The molecule has 1 amide bonds. The maximum atomic E-state index is 13.0. The molecule has 1 N–H and O–H groups in total. The minimum atomic E-state index is -4.43. The fourth-order valence-electron chi connectivity index (χ4n) is 3.12. The van der Waals surface area contributed by atoms with Crippen LogP contribution < -0.4 is 5.32 Å². The highest BCUT2D eigenvalue weighted by Crippen LogP contribution is 2.32. The van der Waals surface area contributed by atoms with E-state index < -0.39 is 11.7 Å². The van der Waals surface area contributed by atoms with Crippen molar-refractivity contribution in [2.75, 3.05) is 13.2 Å². The van der Waals surface area contributed by atoms with Crippen LogP contribution in [0.1, 0.15) is 41.4 Å². The molecule has 2 heterocycles. The maximum absolute atomic E-state index is 13.0. The van der Waals surface area contributed by atoms with Crippen molar-refractivity contribution in [2.24, 2.45) is 0 Å². The van der Waals surface area contributed by atoms with Gasteiger partial charge in [-0.05, 0) is 51.0 Å². The normalized spacial score (nSPS) is 19.9. The molecule has 1 aromatic carbocycles. The van der Waals surface area contributed by atoms with Gasteiger partial charge in [0, 0.05) is 30.0 Å². The van der Waals surface area contributed by atoms with Gasteiger partial charge in [0.2, 0.25) is 0 Å². The van der Waals surface area contributed by atoms with Gasteiger partial charge in [0.25, 0.3) is 5.91 Å². The maximum Gasteiger partial charge on any atom is 0.416 e. The van der Waals surface area contributed by atoms with Gasteiger partial charge in [0.15, 0.2) is 0 Å². The number of pyridine rings is 1. The van der Waals surface area contributed by atoms with Crippen LogP contribution in [-0.2, 0) is 10.9 Å². The van der Waals surface area contributed by atoms with E-state index in [-0.39, 0.29) is 22.9 Å². The Morgan fingerprint density at radius 3 is 2.56 bits per heavy atom. The van der Waals surface area contributed by atoms with Crippen LogP contribution in [0.5, 0.6) is 0 Å². The quantitative estimate of drug-likeness (QED) is 0.859. The van der Waals surface area contributed by atoms with Crippen molar-refractivity contribution in [3.05, 3.63) is 53.2 Å². The van der Waals surface area contributed by atoms with Crippen molar-refractivity contribution >= 4 is 5.91 Å². The summed E-state index contributed by atoms with van der Waals surface area (Å²) in [5.74, 6) is -0.244. The van der Waals surface area contributed by atoms with Crippen LogP contribution in [0.15, 0.2) is 36.4 Å². The molecular formula is C20H21F3N2O2. The summed E-state index contributed by atoms with van der Waals surface area (Å²) in [5.41, 5.74) is 0.384. The molecule has 0 saturated carbocycles. The lowest BCUT2D eigenvalue weighted by molar-refractivity contribution is -0.137. The third-order valence-corrected chi connectivity index (χ3v) is 4.65. The van der Waals surface area contributed by atoms with E-state index in [1.165, 1.54) is 6.92 Å². The van der Waals surface area contributed by atoms with Crippen molar-refractivity contribution < 1.29 is 22.7 Å². The SMILES string of the molecule is Cc1cc(C(F)(F)F)cc(-c2ccc(C(=O)NCC3(C)CCCO3)cc2)n1. The Morgan fingerprint density at radius 1 is 1.26 bits per heavy atom. The molecule has 0 bridgehead atoms. The van der Waals surface area contributed by atoms with E-state index in [0.29, 0.717) is 24.3 Å². The predicted molar refractivity (Wildman–Crippen MR) is 95.3 cm³/mol. The lowest BCUT2D eigenvalue weighted by atomic mass is 10.0. The van der Waals surface area contributed by atoms with Crippen molar-refractivity contribution in [1.29, 1.82) is 0 Å². The Kier molecular flexibility index (Phi) is 5.24. The van der Waals surface area contributed by atoms with E-state index in [2.05, 4.69) is 10.3 Å². The van der Waals surface area contributed by atoms with Gasteiger partial charge in [-0.25, -0.2) is 0 Å². The average molecular weight is 378 g/mol. The van der Waals surface area contributed by atoms with Gasteiger partial charge in [-0.2, -0.15) is 13.2 Å². The summed E-state index contributed by atoms with van der Waals surface area (Å²) in [6.07, 6.45) is -2.56. The van der Waals surface area contributed by atoms with Crippen LogP contribution in [0.3, 0.4) is 0 Å². The van der Waals surface area contributed by atoms with Gasteiger partial charge < -0.3 is 10.1 Å². The Labute approximate surface area is 155 Å². The van der Waals surface area contributed by atoms with Gasteiger partial charge in [-0.15, -0.1) is 0 Å². The first-order valence-electron chi connectivity index (χ1n) is 8.75. The molecule has 1 aliphatic heterocycles.